The first-order valence-corrected chi connectivity index (χ1v) is 10.4. The average Bonchev–Trinajstić information content (AvgIpc) is 3.04. The van der Waals surface area contributed by atoms with Crippen LogP contribution in [0, 0.1) is 19.8 Å². The van der Waals surface area contributed by atoms with Crippen LogP contribution < -0.4 is 10.6 Å². The minimum atomic E-state index is -0.0974. The molecule has 26 heavy (non-hydrogen) atoms. The molecule has 1 aromatic carbocycles. The fourth-order valence-corrected chi connectivity index (χ4v) is 4.01. The Bertz CT molecular complexity index is 772. The molecule has 0 bridgehead atoms. The summed E-state index contributed by atoms with van der Waals surface area (Å²) >= 11 is 2.59. The molecular formula is C18H24N4O2S2. The van der Waals surface area contributed by atoms with Crippen LogP contribution in [0.2, 0.25) is 0 Å². The summed E-state index contributed by atoms with van der Waals surface area (Å²) in [6, 6.07) is 5.90. The zero-order valence-electron chi connectivity index (χ0n) is 15.5. The first kappa shape index (κ1) is 20.4. The highest BCUT2D eigenvalue weighted by molar-refractivity contribution is 8.01. The molecule has 0 aliphatic carbocycles. The van der Waals surface area contributed by atoms with Crippen LogP contribution in [0.5, 0.6) is 0 Å². The third-order valence-electron chi connectivity index (χ3n) is 3.98. The number of carbonyl (C=O) groups is 2. The van der Waals surface area contributed by atoms with Crippen molar-refractivity contribution in [3.63, 3.8) is 0 Å². The lowest BCUT2D eigenvalue weighted by molar-refractivity contribution is -0.120. The lowest BCUT2D eigenvalue weighted by Gasteiger charge is -2.10. The van der Waals surface area contributed by atoms with E-state index in [9.17, 15) is 9.59 Å². The predicted molar refractivity (Wildman–Crippen MR) is 108 cm³/mol. The van der Waals surface area contributed by atoms with Gasteiger partial charge in [0.1, 0.15) is 0 Å². The molecule has 0 saturated heterocycles. The molecule has 0 spiro atoms. The van der Waals surface area contributed by atoms with E-state index in [-0.39, 0.29) is 23.5 Å². The van der Waals surface area contributed by atoms with E-state index in [0.29, 0.717) is 9.47 Å². The third-order valence-corrected chi connectivity index (χ3v) is 5.95. The molecule has 6 nitrogen and oxygen atoms in total. The highest BCUT2D eigenvalue weighted by atomic mass is 32.2. The topological polar surface area (TPSA) is 84.0 Å². The smallest absolute Gasteiger partial charge is 0.234 e. The molecule has 1 aromatic heterocycles. The standard InChI is InChI=1S/C18H24N4O2S2/c1-5-13(6-2)16(24)20-17-21-22-18(26-17)25-10-15(23)19-14-8-7-11(3)9-12(14)4/h7-9,13H,5-6,10H2,1-4H3,(H,19,23)(H,20,21,24). The van der Waals surface area contributed by atoms with Gasteiger partial charge in [-0.2, -0.15) is 0 Å². The number of hydrogen-bond acceptors (Lipinski definition) is 6. The van der Waals surface area contributed by atoms with Gasteiger partial charge in [0.25, 0.3) is 0 Å². The van der Waals surface area contributed by atoms with Gasteiger partial charge in [0.15, 0.2) is 4.34 Å². The minimum absolute atomic E-state index is 0.0153. The predicted octanol–water partition coefficient (Wildman–Crippen LogP) is 4.26. The molecule has 0 radical (unpaired) electrons. The Labute approximate surface area is 162 Å². The lowest BCUT2D eigenvalue weighted by Crippen LogP contribution is -2.21. The SMILES string of the molecule is CCC(CC)C(=O)Nc1nnc(SCC(=O)Nc2ccc(C)cc2C)s1. The van der Waals surface area contributed by atoms with Crippen LogP contribution >= 0.6 is 23.1 Å². The maximum absolute atomic E-state index is 12.1. The molecule has 8 heteroatoms. The zero-order valence-corrected chi connectivity index (χ0v) is 17.1. The number of benzene rings is 1. The van der Waals surface area contributed by atoms with E-state index >= 15 is 0 Å². The summed E-state index contributed by atoms with van der Waals surface area (Å²) in [5.41, 5.74) is 3.01. The van der Waals surface area contributed by atoms with Gasteiger partial charge >= 0.3 is 0 Å². The van der Waals surface area contributed by atoms with E-state index in [4.69, 9.17) is 0 Å². The van der Waals surface area contributed by atoms with Crippen molar-refractivity contribution in [1.29, 1.82) is 0 Å². The summed E-state index contributed by atoms with van der Waals surface area (Å²) < 4.78 is 0.653. The first-order valence-electron chi connectivity index (χ1n) is 8.57. The molecule has 0 unspecified atom stereocenters. The van der Waals surface area contributed by atoms with E-state index in [1.165, 1.54) is 23.1 Å². The second kappa shape index (κ2) is 9.68. The van der Waals surface area contributed by atoms with E-state index in [0.717, 1.165) is 29.7 Å². The van der Waals surface area contributed by atoms with Crippen LogP contribution in [0.15, 0.2) is 22.5 Å². The van der Waals surface area contributed by atoms with Crippen molar-refractivity contribution in [3.8, 4) is 0 Å². The number of aromatic nitrogens is 2. The molecule has 2 aromatic rings. The molecule has 0 aliphatic heterocycles. The molecule has 2 rings (SSSR count). The van der Waals surface area contributed by atoms with Crippen LogP contribution in [-0.4, -0.2) is 27.8 Å². The summed E-state index contributed by atoms with van der Waals surface area (Å²) in [5.74, 6) is 0.0937. The van der Waals surface area contributed by atoms with Crippen LogP contribution in [0.3, 0.4) is 0 Å². The van der Waals surface area contributed by atoms with Gasteiger partial charge in [-0.25, -0.2) is 0 Å². The lowest BCUT2D eigenvalue weighted by atomic mass is 10.0. The second-order valence-corrected chi connectivity index (χ2v) is 8.23. The van der Waals surface area contributed by atoms with Crippen molar-refractivity contribution in [1.82, 2.24) is 10.2 Å². The molecule has 0 aliphatic rings. The van der Waals surface area contributed by atoms with E-state index in [1.54, 1.807) is 0 Å². The molecule has 0 fully saturated rings. The monoisotopic (exact) mass is 392 g/mol. The minimum Gasteiger partial charge on any atom is -0.325 e. The number of carbonyl (C=O) groups excluding carboxylic acids is 2. The number of anilines is 2. The Hall–Kier alpha value is -1.93. The van der Waals surface area contributed by atoms with E-state index in [1.807, 2.05) is 45.9 Å². The summed E-state index contributed by atoms with van der Waals surface area (Å²) in [5, 5.41) is 14.2. The Morgan fingerprint density at radius 1 is 1.15 bits per heavy atom. The van der Waals surface area contributed by atoms with E-state index < -0.39 is 0 Å². The number of nitrogens with zero attached hydrogens (tertiary/aromatic N) is 2. The first-order chi connectivity index (χ1) is 12.4. The van der Waals surface area contributed by atoms with Gasteiger partial charge in [0.2, 0.25) is 16.9 Å². The number of rotatable bonds is 8. The van der Waals surface area contributed by atoms with Gasteiger partial charge in [-0.15, -0.1) is 10.2 Å². The number of thioether (sulfide) groups is 1. The van der Waals surface area contributed by atoms with Crippen LogP contribution in [0.25, 0.3) is 0 Å². The second-order valence-electron chi connectivity index (χ2n) is 6.03. The van der Waals surface area contributed by atoms with Crippen molar-refractivity contribution in [2.75, 3.05) is 16.4 Å². The van der Waals surface area contributed by atoms with Gasteiger partial charge < -0.3 is 10.6 Å². The third kappa shape index (κ3) is 5.81. The normalized spacial score (nSPS) is 10.8. The molecular weight excluding hydrogens is 368 g/mol. The maximum Gasteiger partial charge on any atom is 0.234 e. The summed E-state index contributed by atoms with van der Waals surface area (Å²) in [7, 11) is 0. The quantitative estimate of drug-likeness (QED) is 0.518. The van der Waals surface area contributed by atoms with Crippen LogP contribution in [0.4, 0.5) is 10.8 Å². The van der Waals surface area contributed by atoms with Crippen molar-refractivity contribution >= 4 is 45.7 Å². The number of aryl methyl sites for hydroxylation is 2. The Kier molecular flexibility index (Phi) is 7.59. The van der Waals surface area contributed by atoms with Crippen LogP contribution in [0.1, 0.15) is 37.8 Å². The zero-order chi connectivity index (χ0) is 19.1. The highest BCUT2D eigenvalue weighted by Crippen LogP contribution is 2.26. The molecule has 140 valence electrons. The van der Waals surface area contributed by atoms with Crippen molar-refractivity contribution in [2.45, 2.75) is 44.9 Å². The van der Waals surface area contributed by atoms with E-state index in [2.05, 4.69) is 20.8 Å². The molecule has 0 atom stereocenters. The fourth-order valence-electron chi connectivity index (χ4n) is 2.45. The molecule has 2 amide bonds. The maximum atomic E-state index is 12.1. The highest BCUT2D eigenvalue weighted by Gasteiger charge is 2.16. The summed E-state index contributed by atoms with van der Waals surface area (Å²) in [6.07, 6.45) is 1.59. The summed E-state index contributed by atoms with van der Waals surface area (Å²) in [6.45, 7) is 7.96. The number of hydrogen-bond donors (Lipinski definition) is 2. The summed E-state index contributed by atoms with van der Waals surface area (Å²) in [4.78, 5) is 24.2. The van der Waals surface area contributed by atoms with Crippen molar-refractivity contribution in [3.05, 3.63) is 29.3 Å². The Morgan fingerprint density at radius 3 is 2.54 bits per heavy atom. The van der Waals surface area contributed by atoms with Gasteiger partial charge in [-0.05, 0) is 38.3 Å². The van der Waals surface area contributed by atoms with Crippen molar-refractivity contribution in [2.24, 2.45) is 5.92 Å². The van der Waals surface area contributed by atoms with Gasteiger partial charge in [-0.3, -0.25) is 9.59 Å². The van der Waals surface area contributed by atoms with Gasteiger partial charge in [0.05, 0.1) is 5.75 Å². The Morgan fingerprint density at radius 2 is 1.88 bits per heavy atom. The molecule has 0 saturated carbocycles. The van der Waals surface area contributed by atoms with Crippen LogP contribution in [-0.2, 0) is 9.59 Å². The van der Waals surface area contributed by atoms with Crippen molar-refractivity contribution < 1.29 is 9.59 Å². The number of nitrogens with one attached hydrogen (secondary N) is 2. The largest absolute Gasteiger partial charge is 0.325 e. The van der Waals surface area contributed by atoms with Gasteiger partial charge in [0, 0.05) is 11.6 Å². The average molecular weight is 393 g/mol. The van der Waals surface area contributed by atoms with Gasteiger partial charge in [-0.1, -0.05) is 54.6 Å². The molecule has 2 N–H and O–H groups in total. The fraction of sp³-hybridized carbons (Fsp3) is 0.444. The molecule has 1 heterocycles. The Balaban J connectivity index is 1.85. The number of amides is 2.